The van der Waals surface area contributed by atoms with E-state index >= 15 is 0 Å². The maximum atomic E-state index is 2.75. The van der Waals surface area contributed by atoms with Gasteiger partial charge in [0.1, 0.15) is 7.28 Å². The van der Waals surface area contributed by atoms with Gasteiger partial charge in [-0.05, 0) is 11.8 Å². The molecule has 1 aliphatic carbocycles. The number of rotatable bonds is 1. The third-order valence-corrected chi connectivity index (χ3v) is 5.06. The van der Waals surface area contributed by atoms with Crippen molar-refractivity contribution in [2.24, 2.45) is 11.8 Å². The second kappa shape index (κ2) is 3.91. The lowest BCUT2D eigenvalue weighted by atomic mass is 9.40. The molecule has 2 aliphatic heterocycles. The van der Waals surface area contributed by atoms with Crippen LogP contribution in [0.15, 0.2) is 0 Å². The van der Waals surface area contributed by atoms with Gasteiger partial charge >= 0.3 is 0 Å². The Morgan fingerprint density at radius 2 is 1.57 bits per heavy atom. The maximum Gasteiger partial charge on any atom is 0.118 e. The van der Waals surface area contributed by atoms with Gasteiger partial charge in [0.25, 0.3) is 0 Å². The highest BCUT2D eigenvalue weighted by atomic mass is 14.4. The van der Waals surface area contributed by atoms with Crippen molar-refractivity contribution in [2.75, 3.05) is 0 Å². The van der Waals surface area contributed by atoms with Crippen LogP contribution in [0, 0.1) is 11.8 Å². The molecule has 14 heavy (non-hydrogen) atoms. The summed E-state index contributed by atoms with van der Waals surface area (Å²) in [5.41, 5.74) is 0. The Morgan fingerprint density at radius 3 is 2.43 bits per heavy atom. The quantitative estimate of drug-likeness (QED) is 0.546. The fourth-order valence-electron chi connectivity index (χ4n) is 4.35. The van der Waals surface area contributed by atoms with Gasteiger partial charge in [0, 0.05) is 0 Å². The van der Waals surface area contributed by atoms with Crippen LogP contribution in [0.5, 0.6) is 0 Å². The van der Waals surface area contributed by atoms with Crippen molar-refractivity contribution in [3.63, 3.8) is 0 Å². The summed E-state index contributed by atoms with van der Waals surface area (Å²) in [4.78, 5) is 0. The summed E-state index contributed by atoms with van der Waals surface area (Å²) in [5.74, 6) is 4.28. The number of hydrogen-bond acceptors (Lipinski definition) is 0. The summed E-state index contributed by atoms with van der Waals surface area (Å²) < 4.78 is 0. The lowest BCUT2D eigenvalue weighted by Gasteiger charge is -2.42. The minimum atomic E-state index is 1.02. The van der Waals surface area contributed by atoms with E-state index in [4.69, 9.17) is 0 Å². The molecule has 3 fully saturated rings. The zero-order chi connectivity index (χ0) is 9.38. The molecule has 0 aromatic heterocycles. The van der Waals surface area contributed by atoms with Crippen LogP contribution in [-0.2, 0) is 0 Å². The molecule has 0 aromatic carbocycles. The predicted octanol–water partition coefficient (Wildman–Crippen LogP) is 4.05. The first-order valence-electron chi connectivity index (χ1n) is 6.78. The zero-order valence-electron chi connectivity index (χ0n) is 9.25. The summed E-state index contributed by atoms with van der Waals surface area (Å²) >= 11 is 0. The Labute approximate surface area is 89.1 Å². The average molecular weight is 189 g/mol. The van der Waals surface area contributed by atoms with E-state index in [-0.39, 0.29) is 0 Å². The molecule has 0 N–H and O–H groups in total. The molecule has 0 aromatic rings. The van der Waals surface area contributed by atoms with Gasteiger partial charge in [0.05, 0.1) is 0 Å². The molecule has 77 valence electrons. The highest BCUT2D eigenvalue weighted by Gasteiger charge is 2.38. The lowest BCUT2D eigenvalue weighted by molar-refractivity contribution is 0.247. The standard InChI is InChI=1S/C13H22B/c1-2-5-10(4-1)12-9-8-11-6-3-7-13(12)14-11/h10-13H,1-9H2. The summed E-state index contributed by atoms with van der Waals surface area (Å²) in [6.45, 7) is 0. The van der Waals surface area contributed by atoms with Crippen molar-refractivity contribution in [2.45, 2.75) is 69.4 Å². The molecule has 3 aliphatic rings. The van der Waals surface area contributed by atoms with Crippen molar-refractivity contribution in [3.8, 4) is 0 Å². The van der Waals surface area contributed by atoms with Gasteiger partial charge in [-0.3, -0.25) is 0 Å². The summed E-state index contributed by atoms with van der Waals surface area (Å²) in [6, 6.07) is 0. The molecule has 3 atom stereocenters. The van der Waals surface area contributed by atoms with Gasteiger partial charge in [-0.1, -0.05) is 69.4 Å². The second-order valence-corrected chi connectivity index (χ2v) is 5.83. The maximum absolute atomic E-state index is 2.75. The summed E-state index contributed by atoms with van der Waals surface area (Å²) in [7, 11) is 2.75. The second-order valence-electron chi connectivity index (χ2n) is 5.83. The van der Waals surface area contributed by atoms with E-state index in [0.29, 0.717) is 0 Å². The topological polar surface area (TPSA) is 0 Å². The van der Waals surface area contributed by atoms with Crippen LogP contribution in [0.1, 0.15) is 57.8 Å². The van der Waals surface area contributed by atoms with Crippen LogP contribution in [0.25, 0.3) is 0 Å². The van der Waals surface area contributed by atoms with Crippen LogP contribution in [0.4, 0.5) is 0 Å². The zero-order valence-corrected chi connectivity index (χ0v) is 9.25. The van der Waals surface area contributed by atoms with E-state index < -0.39 is 0 Å². The molecule has 1 saturated carbocycles. The van der Waals surface area contributed by atoms with Crippen LogP contribution in [0.3, 0.4) is 0 Å². The molecule has 0 nitrogen and oxygen atoms in total. The minimum Gasteiger partial charge on any atom is -0.0686 e. The SMILES string of the molecule is [B]1C2CCCC1C(C1CCCC1)CC2. The Bertz CT molecular complexity index is 195. The Hall–Kier alpha value is 0.0649. The van der Waals surface area contributed by atoms with Crippen molar-refractivity contribution < 1.29 is 0 Å². The molecule has 2 bridgehead atoms. The van der Waals surface area contributed by atoms with Crippen molar-refractivity contribution in [1.82, 2.24) is 0 Å². The molecular weight excluding hydrogens is 167 g/mol. The van der Waals surface area contributed by atoms with Gasteiger partial charge in [0.2, 0.25) is 0 Å². The first kappa shape index (κ1) is 9.30. The molecule has 3 rings (SSSR count). The largest absolute Gasteiger partial charge is 0.118 e. The third-order valence-electron chi connectivity index (χ3n) is 5.06. The van der Waals surface area contributed by atoms with E-state index in [1.807, 2.05) is 0 Å². The van der Waals surface area contributed by atoms with E-state index in [1.165, 1.54) is 38.5 Å². The van der Waals surface area contributed by atoms with Crippen LogP contribution < -0.4 is 0 Å². The summed E-state index contributed by atoms with van der Waals surface area (Å²) in [5, 5.41) is 0. The highest BCUT2D eigenvalue weighted by Crippen LogP contribution is 2.50. The first-order chi connectivity index (χ1) is 6.93. The van der Waals surface area contributed by atoms with E-state index in [2.05, 4.69) is 7.28 Å². The van der Waals surface area contributed by atoms with Gasteiger partial charge in [-0.2, -0.15) is 0 Å². The Kier molecular flexibility index (Phi) is 2.60. The van der Waals surface area contributed by atoms with Crippen LogP contribution >= 0.6 is 0 Å². The molecule has 3 unspecified atom stereocenters. The molecule has 0 amide bonds. The van der Waals surface area contributed by atoms with E-state index in [0.717, 1.165) is 23.5 Å². The number of fused-ring (bicyclic) bond motifs is 2. The fourth-order valence-corrected chi connectivity index (χ4v) is 4.35. The van der Waals surface area contributed by atoms with E-state index in [9.17, 15) is 0 Å². The van der Waals surface area contributed by atoms with Crippen LogP contribution in [0.2, 0.25) is 11.6 Å². The third kappa shape index (κ3) is 1.63. The van der Waals surface area contributed by atoms with Gasteiger partial charge in [-0.15, -0.1) is 0 Å². The lowest BCUT2D eigenvalue weighted by Crippen LogP contribution is -2.32. The monoisotopic (exact) mass is 189 g/mol. The van der Waals surface area contributed by atoms with Gasteiger partial charge in [0.15, 0.2) is 0 Å². The number of hydrogen-bond donors (Lipinski definition) is 0. The fraction of sp³-hybridized carbons (Fsp3) is 1.00. The van der Waals surface area contributed by atoms with Crippen molar-refractivity contribution in [1.29, 1.82) is 0 Å². The van der Waals surface area contributed by atoms with Crippen molar-refractivity contribution in [3.05, 3.63) is 0 Å². The predicted molar refractivity (Wildman–Crippen MR) is 61.8 cm³/mol. The Balaban J connectivity index is 1.67. The normalized spacial score (nSPS) is 43.6. The molecule has 2 saturated heterocycles. The average Bonchev–Trinajstić information content (AvgIpc) is 2.71. The first-order valence-corrected chi connectivity index (χ1v) is 6.78. The molecule has 0 spiro atoms. The smallest absolute Gasteiger partial charge is 0.0686 e. The minimum absolute atomic E-state index is 1.02. The van der Waals surface area contributed by atoms with Crippen molar-refractivity contribution >= 4 is 7.28 Å². The molecule has 2 heterocycles. The molecule has 1 radical (unpaired) electrons. The van der Waals surface area contributed by atoms with Gasteiger partial charge < -0.3 is 0 Å². The van der Waals surface area contributed by atoms with Gasteiger partial charge in [-0.25, -0.2) is 0 Å². The Morgan fingerprint density at radius 1 is 0.714 bits per heavy atom. The van der Waals surface area contributed by atoms with Crippen LogP contribution in [-0.4, -0.2) is 7.28 Å². The molecule has 1 heteroatoms. The molecular formula is C13H22B. The van der Waals surface area contributed by atoms with E-state index in [1.54, 1.807) is 19.3 Å². The highest BCUT2D eigenvalue weighted by molar-refractivity contribution is 6.40. The summed E-state index contributed by atoms with van der Waals surface area (Å²) in [6.07, 6.45) is 13.8.